The van der Waals surface area contributed by atoms with E-state index < -0.39 is 35.5 Å². The fourth-order valence-corrected chi connectivity index (χ4v) is 6.75. The number of carbonyl (C=O) groups excluding carboxylic acids is 3. The fraction of sp³-hybridized carbons (Fsp3) is 0.560. The van der Waals surface area contributed by atoms with Gasteiger partial charge in [0.05, 0.1) is 25.3 Å². The summed E-state index contributed by atoms with van der Waals surface area (Å²) in [5.41, 5.74) is 12.0. The number of amides is 3. The Hall–Kier alpha value is -3.91. The van der Waals surface area contributed by atoms with Gasteiger partial charge in [-0.2, -0.15) is 0 Å². The molecule has 3 amide bonds. The molecule has 0 aliphatic carbocycles. The van der Waals surface area contributed by atoms with Crippen molar-refractivity contribution in [2.75, 3.05) is 19.7 Å². The number of para-hydroxylation sites is 1. The van der Waals surface area contributed by atoms with Crippen LogP contribution in [-0.4, -0.2) is 98.6 Å². The first-order chi connectivity index (χ1) is 18.6. The Kier molecular flexibility index (Phi) is 5.73. The molecule has 39 heavy (non-hydrogen) atoms. The molecular weight excluding hydrogens is 508 g/mol. The Balaban J connectivity index is 1.31. The third kappa shape index (κ3) is 3.58. The number of hydrogen-bond acceptors (Lipinski definition) is 10. The summed E-state index contributed by atoms with van der Waals surface area (Å²) in [6.07, 6.45) is 2.02. The van der Waals surface area contributed by atoms with Crippen molar-refractivity contribution in [3.8, 4) is 5.75 Å². The van der Waals surface area contributed by atoms with Crippen molar-refractivity contribution in [2.45, 2.75) is 68.1 Å². The second kappa shape index (κ2) is 8.81. The van der Waals surface area contributed by atoms with E-state index in [-0.39, 0.29) is 55.6 Å². The average molecular weight is 543 g/mol. The van der Waals surface area contributed by atoms with Gasteiger partial charge in [-0.15, -0.1) is 0 Å². The third-order valence-corrected chi connectivity index (χ3v) is 8.73. The predicted octanol–water partition coefficient (Wildman–Crippen LogP) is -4.73. The molecule has 14 heteroatoms. The quantitative estimate of drug-likeness (QED) is 0.101. The number of carbonyl (C=O) groups is 3. The minimum absolute atomic E-state index is 0.0558. The molecule has 0 saturated carbocycles. The number of ether oxygens (including phenoxy) is 1. The van der Waals surface area contributed by atoms with Crippen LogP contribution in [-0.2, 0) is 9.59 Å². The van der Waals surface area contributed by atoms with Crippen molar-refractivity contribution in [1.29, 1.82) is 0 Å². The van der Waals surface area contributed by atoms with E-state index in [0.717, 1.165) is 23.3 Å². The molecule has 2 fully saturated rings. The number of nitrogens with zero attached hydrogens (tertiary/aromatic N) is 2. The molecule has 6 rings (SSSR count). The number of nitrogens with one attached hydrogen (secondary N) is 4. The van der Waals surface area contributed by atoms with Gasteiger partial charge >= 0.3 is 11.9 Å². The molecule has 0 bridgehead atoms. The monoisotopic (exact) mass is 542 g/mol. The highest BCUT2D eigenvalue weighted by Crippen LogP contribution is 2.40. The number of aliphatic hydroxyl groups is 2. The highest BCUT2D eigenvalue weighted by molar-refractivity contribution is 6.02. The van der Waals surface area contributed by atoms with Gasteiger partial charge in [-0.3, -0.25) is 41.1 Å². The first-order valence-corrected chi connectivity index (χ1v) is 13.3. The highest BCUT2D eigenvalue weighted by Gasteiger charge is 2.78. The summed E-state index contributed by atoms with van der Waals surface area (Å²) in [6.45, 7) is 2.45. The third-order valence-electron chi connectivity index (χ3n) is 8.73. The first-order valence-electron chi connectivity index (χ1n) is 13.3. The van der Waals surface area contributed by atoms with Crippen LogP contribution in [0.3, 0.4) is 0 Å². The zero-order valence-corrected chi connectivity index (χ0v) is 21.6. The average Bonchev–Trinajstić information content (AvgIpc) is 3.50. The van der Waals surface area contributed by atoms with Gasteiger partial charge in [-0.1, -0.05) is 19.1 Å². The molecule has 5 heterocycles. The van der Waals surface area contributed by atoms with E-state index in [0.29, 0.717) is 17.9 Å². The smallest absolute Gasteiger partial charge is 0.347 e. The van der Waals surface area contributed by atoms with Gasteiger partial charge in [0, 0.05) is 12.8 Å². The van der Waals surface area contributed by atoms with E-state index in [2.05, 4.69) is 27.9 Å². The normalized spacial score (nSPS) is 32.5. The van der Waals surface area contributed by atoms with Gasteiger partial charge < -0.3 is 20.3 Å². The number of guanidine groups is 2. The molecular formula is C25H34N8O6+2. The summed E-state index contributed by atoms with van der Waals surface area (Å²) in [6, 6.07) is 2.63. The fourth-order valence-electron chi connectivity index (χ4n) is 6.75. The molecule has 3 unspecified atom stereocenters. The summed E-state index contributed by atoms with van der Waals surface area (Å²) in [5, 5.41) is 32.2. The highest BCUT2D eigenvalue weighted by atomic mass is 16.5. The number of benzene rings is 1. The zero-order valence-electron chi connectivity index (χ0n) is 21.6. The van der Waals surface area contributed by atoms with E-state index in [4.69, 9.17) is 16.2 Å². The van der Waals surface area contributed by atoms with E-state index in [1.54, 1.807) is 12.1 Å². The minimum atomic E-state index is -2.59. The lowest BCUT2D eigenvalue weighted by Gasteiger charge is -2.41. The summed E-state index contributed by atoms with van der Waals surface area (Å²) < 4.78 is 7.38. The van der Waals surface area contributed by atoms with Crippen LogP contribution in [0.15, 0.2) is 18.2 Å². The van der Waals surface area contributed by atoms with Crippen molar-refractivity contribution in [1.82, 2.24) is 20.9 Å². The number of fused-ring (bicyclic) bond motifs is 1. The molecule has 1 aromatic rings. The Bertz CT molecular complexity index is 1310. The van der Waals surface area contributed by atoms with Crippen LogP contribution in [0, 0.1) is 0 Å². The SMILES string of the molecule is CCC1CCOc2c(C(=O)NC3C[N+]4=C(N)N[C@@H](CN5C(=O)CCC5=O)[C@@H]5[NH+]=C(N)NC54C3(O)O)cccc21. The Labute approximate surface area is 224 Å². The van der Waals surface area contributed by atoms with Gasteiger partial charge in [0.1, 0.15) is 17.8 Å². The van der Waals surface area contributed by atoms with Crippen molar-refractivity contribution < 1.29 is 38.9 Å². The molecule has 2 saturated heterocycles. The maximum absolute atomic E-state index is 13.5. The zero-order chi connectivity index (χ0) is 27.7. The predicted molar refractivity (Wildman–Crippen MR) is 135 cm³/mol. The van der Waals surface area contributed by atoms with Crippen LogP contribution in [0.1, 0.15) is 54.4 Å². The van der Waals surface area contributed by atoms with E-state index in [1.807, 2.05) is 6.07 Å². The Morgan fingerprint density at radius 1 is 1.28 bits per heavy atom. The molecule has 208 valence electrons. The molecule has 0 aromatic heterocycles. The van der Waals surface area contributed by atoms with Crippen LogP contribution in [0.25, 0.3) is 0 Å². The lowest BCUT2D eigenvalue weighted by Crippen LogP contribution is -2.92. The van der Waals surface area contributed by atoms with Gasteiger partial charge in [-0.05, 0) is 30.4 Å². The van der Waals surface area contributed by atoms with Crippen LogP contribution < -0.4 is 37.1 Å². The first kappa shape index (κ1) is 25.4. The van der Waals surface area contributed by atoms with Gasteiger partial charge in [0.2, 0.25) is 11.8 Å². The molecule has 5 aliphatic heterocycles. The number of likely N-dealkylation sites (tertiary alicyclic amines) is 1. The van der Waals surface area contributed by atoms with E-state index in [1.165, 1.54) is 4.58 Å². The summed E-state index contributed by atoms with van der Waals surface area (Å²) in [5.74, 6) is -2.82. The summed E-state index contributed by atoms with van der Waals surface area (Å²) in [7, 11) is 0. The maximum Gasteiger partial charge on any atom is 0.347 e. The second-order valence-corrected chi connectivity index (χ2v) is 10.8. The van der Waals surface area contributed by atoms with E-state index in [9.17, 15) is 24.6 Å². The molecule has 14 nitrogen and oxygen atoms in total. The van der Waals surface area contributed by atoms with Crippen molar-refractivity contribution in [2.24, 2.45) is 11.5 Å². The number of rotatable bonds is 5. The number of nitrogens with two attached hydrogens (primary N) is 2. The summed E-state index contributed by atoms with van der Waals surface area (Å²) >= 11 is 0. The van der Waals surface area contributed by atoms with Crippen LogP contribution in [0.2, 0.25) is 0 Å². The summed E-state index contributed by atoms with van der Waals surface area (Å²) in [4.78, 5) is 42.3. The second-order valence-electron chi connectivity index (χ2n) is 10.8. The number of imide groups is 1. The minimum Gasteiger partial charge on any atom is -0.492 e. The Morgan fingerprint density at radius 3 is 2.74 bits per heavy atom. The molecule has 0 radical (unpaired) electrons. The van der Waals surface area contributed by atoms with Crippen molar-refractivity contribution >= 4 is 29.6 Å². The van der Waals surface area contributed by atoms with E-state index >= 15 is 0 Å². The lowest BCUT2D eigenvalue weighted by atomic mass is 9.85. The van der Waals surface area contributed by atoms with Crippen molar-refractivity contribution in [3.05, 3.63) is 29.3 Å². The topological polar surface area (TPSA) is 209 Å². The molecule has 10 N–H and O–H groups in total. The largest absolute Gasteiger partial charge is 0.492 e. The van der Waals surface area contributed by atoms with Crippen molar-refractivity contribution in [3.63, 3.8) is 0 Å². The lowest BCUT2D eigenvalue weighted by molar-refractivity contribution is -0.674. The number of hydrogen-bond donors (Lipinski definition) is 8. The standard InChI is InChI=1S/C25H32N8O6/c1-2-12-8-9-39-19-13(12)4-3-5-14(19)21(36)29-16-11-33-23(27)28-15(10-32-17(34)6-7-18(32)35)20-24(33,25(16,37)38)31-22(26)30-20/h3-5,12,15-16,20,37-38H,2,6-11H2,1H3,(H6,26,27,28,29,30,31,36)/p+2/t12?,15-,16?,20-,24?/m0/s1. The molecule has 5 atom stereocenters. The van der Waals surface area contributed by atoms with Gasteiger partial charge in [0.25, 0.3) is 17.4 Å². The molecule has 1 spiro atoms. The van der Waals surface area contributed by atoms with Crippen LogP contribution in [0.5, 0.6) is 5.75 Å². The van der Waals surface area contributed by atoms with Crippen LogP contribution >= 0.6 is 0 Å². The van der Waals surface area contributed by atoms with Gasteiger partial charge in [-0.25, -0.2) is 9.89 Å². The van der Waals surface area contributed by atoms with Gasteiger partial charge in [0.15, 0.2) is 6.04 Å². The molecule has 5 aliphatic rings. The van der Waals surface area contributed by atoms with Crippen LogP contribution in [0.4, 0.5) is 0 Å². The maximum atomic E-state index is 13.5. The Morgan fingerprint density at radius 2 is 2.03 bits per heavy atom. The molecule has 1 aromatic carbocycles.